The first-order chi connectivity index (χ1) is 8.15. The highest BCUT2D eigenvalue weighted by atomic mass is 16.4. The Labute approximate surface area is 99.3 Å². The van der Waals surface area contributed by atoms with E-state index in [1.54, 1.807) is 6.20 Å². The molecule has 0 saturated heterocycles. The predicted molar refractivity (Wildman–Crippen MR) is 64.7 cm³/mol. The number of aromatic amines is 1. The molecule has 1 heterocycles. The molecular weight excluding hydrogens is 216 g/mol. The molecule has 2 aromatic rings. The Morgan fingerprint density at radius 3 is 2.71 bits per heavy atom. The van der Waals surface area contributed by atoms with E-state index in [1.807, 2.05) is 31.2 Å². The minimum Gasteiger partial charge on any atom is -0.481 e. The van der Waals surface area contributed by atoms with Gasteiger partial charge in [0.1, 0.15) is 5.82 Å². The molecule has 0 aliphatic rings. The summed E-state index contributed by atoms with van der Waals surface area (Å²) in [5.41, 5.74) is 3.06. The fourth-order valence-corrected chi connectivity index (χ4v) is 1.59. The number of carbonyl (C=O) groups is 1. The second-order valence-electron chi connectivity index (χ2n) is 4.02. The number of imidazole rings is 1. The maximum Gasteiger partial charge on any atom is 0.303 e. The molecule has 0 fully saturated rings. The Morgan fingerprint density at radius 2 is 2.06 bits per heavy atom. The third-order valence-electron chi connectivity index (χ3n) is 2.56. The van der Waals surface area contributed by atoms with Crippen molar-refractivity contribution in [1.29, 1.82) is 0 Å². The number of nitrogens with one attached hydrogen (secondary N) is 1. The van der Waals surface area contributed by atoms with Crippen molar-refractivity contribution in [1.82, 2.24) is 9.97 Å². The van der Waals surface area contributed by atoms with Crippen LogP contribution in [0.15, 0.2) is 30.5 Å². The van der Waals surface area contributed by atoms with Crippen LogP contribution in [0, 0.1) is 6.92 Å². The van der Waals surface area contributed by atoms with Crippen molar-refractivity contribution >= 4 is 5.97 Å². The molecule has 88 valence electrons. The molecule has 4 nitrogen and oxygen atoms in total. The van der Waals surface area contributed by atoms with Crippen LogP contribution in [0.4, 0.5) is 0 Å². The molecule has 0 bridgehead atoms. The second-order valence-corrected chi connectivity index (χ2v) is 4.02. The third-order valence-corrected chi connectivity index (χ3v) is 2.56. The minimum absolute atomic E-state index is 0.121. The molecule has 17 heavy (non-hydrogen) atoms. The van der Waals surface area contributed by atoms with E-state index in [0.29, 0.717) is 6.42 Å². The normalized spacial score (nSPS) is 10.4. The topological polar surface area (TPSA) is 66.0 Å². The summed E-state index contributed by atoms with van der Waals surface area (Å²) in [6, 6.07) is 8.04. The van der Waals surface area contributed by atoms with Gasteiger partial charge >= 0.3 is 5.97 Å². The van der Waals surface area contributed by atoms with E-state index in [2.05, 4.69) is 9.97 Å². The average molecular weight is 230 g/mol. The molecule has 4 heteroatoms. The fourth-order valence-electron chi connectivity index (χ4n) is 1.59. The van der Waals surface area contributed by atoms with Gasteiger partial charge in [-0.1, -0.05) is 29.8 Å². The van der Waals surface area contributed by atoms with Gasteiger partial charge in [0.25, 0.3) is 0 Å². The van der Waals surface area contributed by atoms with Crippen LogP contribution in [0.25, 0.3) is 11.4 Å². The summed E-state index contributed by atoms with van der Waals surface area (Å²) in [6.07, 6.45) is 2.29. The lowest BCUT2D eigenvalue weighted by Gasteiger charge is -1.97. The summed E-state index contributed by atoms with van der Waals surface area (Å²) in [4.78, 5) is 17.8. The zero-order chi connectivity index (χ0) is 12.3. The smallest absolute Gasteiger partial charge is 0.303 e. The van der Waals surface area contributed by atoms with Crippen molar-refractivity contribution in [3.63, 3.8) is 0 Å². The monoisotopic (exact) mass is 230 g/mol. The van der Waals surface area contributed by atoms with E-state index in [-0.39, 0.29) is 6.42 Å². The molecule has 0 saturated carbocycles. The van der Waals surface area contributed by atoms with Crippen LogP contribution in [0.1, 0.15) is 17.7 Å². The first kappa shape index (κ1) is 11.4. The van der Waals surface area contributed by atoms with E-state index in [9.17, 15) is 4.79 Å². The third kappa shape index (κ3) is 2.93. The van der Waals surface area contributed by atoms with Crippen molar-refractivity contribution in [2.45, 2.75) is 19.8 Å². The van der Waals surface area contributed by atoms with Crippen LogP contribution in [0.2, 0.25) is 0 Å². The van der Waals surface area contributed by atoms with Crippen molar-refractivity contribution in [2.24, 2.45) is 0 Å². The van der Waals surface area contributed by atoms with Gasteiger partial charge in [-0.2, -0.15) is 0 Å². The predicted octanol–water partition coefficient (Wildman–Crippen LogP) is 2.40. The number of hydrogen-bond donors (Lipinski definition) is 2. The molecule has 0 aliphatic carbocycles. The largest absolute Gasteiger partial charge is 0.481 e. The Kier molecular flexibility index (Phi) is 3.23. The highest BCUT2D eigenvalue weighted by Crippen LogP contribution is 2.16. The van der Waals surface area contributed by atoms with Gasteiger partial charge in [0.15, 0.2) is 0 Å². The lowest BCUT2D eigenvalue weighted by Crippen LogP contribution is -1.97. The van der Waals surface area contributed by atoms with Crippen molar-refractivity contribution in [3.05, 3.63) is 41.7 Å². The molecule has 0 amide bonds. The number of aryl methyl sites for hydroxylation is 2. The standard InChI is InChI=1S/C13H14N2O2/c1-9-2-4-10(5-3-9)13-14-8-11(15-13)6-7-12(16)17/h2-5,8H,6-7H2,1H3,(H,14,15)(H,16,17). The SMILES string of the molecule is Cc1ccc(-c2ncc(CCC(=O)O)[nH]2)cc1. The van der Waals surface area contributed by atoms with Crippen LogP contribution in [0.5, 0.6) is 0 Å². The number of aliphatic carboxylic acids is 1. The van der Waals surface area contributed by atoms with Crippen LogP contribution in [-0.2, 0) is 11.2 Å². The van der Waals surface area contributed by atoms with Crippen LogP contribution >= 0.6 is 0 Å². The van der Waals surface area contributed by atoms with Crippen molar-refractivity contribution in [2.75, 3.05) is 0 Å². The number of rotatable bonds is 4. The molecule has 1 aromatic heterocycles. The van der Waals surface area contributed by atoms with Gasteiger partial charge < -0.3 is 10.1 Å². The van der Waals surface area contributed by atoms with E-state index in [1.165, 1.54) is 5.56 Å². The van der Waals surface area contributed by atoms with Gasteiger partial charge in [-0.15, -0.1) is 0 Å². The Balaban J connectivity index is 2.12. The fraction of sp³-hybridized carbons (Fsp3) is 0.231. The number of H-pyrrole nitrogens is 1. The summed E-state index contributed by atoms with van der Waals surface area (Å²) in [5.74, 6) is -0.0122. The molecule has 0 aliphatic heterocycles. The van der Waals surface area contributed by atoms with Gasteiger partial charge in [-0.3, -0.25) is 4.79 Å². The quantitative estimate of drug-likeness (QED) is 0.847. The van der Waals surface area contributed by atoms with Crippen LogP contribution in [-0.4, -0.2) is 21.0 Å². The lowest BCUT2D eigenvalue weighted by molar-refractivity contribution is -0.136. The number of aromatic nitrogens is 2. The van der Waals surface area contributed by atoms with Crippen molar-refractivity contribution in [3.8, 4) is 11.4 Å². The van der Waals surface area contributed by atoms with Crippen LogP contribution < -0.4 is 0 Å². The maximum absolute atomic E-state index is 10.5. The molecule has 0 spiro atoms. The molecule has 1 aromatic carbocycles. The number of nitrogens with zero attached hydrogens (tertiary/aromatic N) is 1. The van der Waals surface area contributed by atoms with E-state index in [4.69, 9.17) is 5.11 Å². The van der Waals surface area contributed by atoms with E-state index in [0.717, 1.165) is 17.1 Å². The average Bonchev–Trinajstić information content (AvgIpc) is 2.76. The molecule has 2 rings (SSSR count). The highest BCUT2D eigenvalue weighted by molar-refractivity contribution is 5.67. The number of carboxylic acid groups (broad SMARTS) is 1. The van der Waals surface area contributed by atoms with Gasteiger partial charge in [0.05, 0.1) is 6.42 Å². The molecule has 0 unspecified atom stereocenters. The van der Waals surface area contributed by atoms with Crippen molar-refractivity contribution < 1.29 is 9.90 Å². The van der Waals surface area contributed by atoms with E-state index < -0.39 is 5.97 Å². The summed E-state index contributed by atoms with van der Waals surface area (Å²) in [7, 11) is 0. The lowest BCUT2D eigenvalue weighted by atomic mass is 10.1. The Morgan fingerprint density at radius 1 is 1.35 bits per heavy atom. The zero-order valence-corrected chi connectivity index (χ0v) is 9.60. The molecule has 0 radical (unpaired) electrons. The van der Waals surface area contributed by atoms with Gasteiger partial charge in [-0.25, -0.2) is 4.98 Å². The van der Waals surface area contributed by atoms with E-state index >= 15 is 0 Å². The van der Waals surface area contributed by atoms with Gasteiger partial charge in [0, 0.05) is 17.5 Å². The van der Waals surface area contributed by atoms with Gasteiger partial charge in [0.2, 0.25) is 0 Å². The Hall–Kier alpha value is -2.10. The summed E-state index contributed by atoms with van der Waals surface area (Å²) < 4.78 is 0. The molecular formula is C13H14N2O2. The zero-order valence-electron chi connectivity index (χ0n) is 9.60. The summed E-state index contributed by atoms with van der Waals surface area (Å²) >= 11 is 0. The summed E-state index contributed by atoms with van der Waals surface area (Å²) in [6.45, 7) is 2.03. The van der Waals surface area contributed by atoms with Crippen LogP contribution in [0.3, 0.4) is 0 Å². The number of benzene rings is 1. The number of carboxylic acids is 1. The first-order valence-electron chi connectivity index (χ1n) is 5.48. The minimum atomic E-state index is -0.795. The number of hydrogen-bond acceptors (Lipinski definition) is 2. The maximum atomic E-state index is 10.5. The highest BCUT2D eigenvalue weighted by Gasteiger charge is 2.05. The summed E-state index contributed by atoms with van der Waals surface area (Å²) in [5, 5.41) is 8.59. The first-order valence-corrected chi connectivity index (χ1v) is 5.48. The molecule has 2 N–H and O–H groups in total. The Bertz CT molecular complexity index is 514. The second kappa shape index (κ2) is 4.82. The molecule has 0 atom stereocenters. The van der Waals surface area contributed by atoms with Gasteiger partial charge in [-0.05, 0) is 13.3 Å².